The highest BCUT2D eigenvalue weighted by Gasteiger charge is 2.21. The van der Waals surface area contributed by atoms with Gasteiger partial charge in [-0.1, -0.05) is 160 Å². The van der Waals surface area contributed by atoms with Gasteiger partial charge in [0.15, 0.2) is 0 Å². The van der Waals surface area contributed by atoms with E-state index in [-0.39, 0.29) is 11.2 Å². The van der Waals surface area contributed by atoms with Crippen molar-refractivity contribution in [1.82, 2.24) is 9.97 Å². The molecule has 0 saturated carbocycles. The molecule has 55 heavy (non-hydrogen) atoms. The van der Waals surface area contributed by atoms with Gasteiger partial charge in [-0.05, 0) is 95.9 Å². The third kappa shape index (κ3) is 5.51. The molecule has 0 aliphatic rings. The van der Waals surface area contributed by atoms with Gasteiger partial charge in [0, 0.05) is 21.9 Å². The molecule has 0 unspecified atom stereocenters. The zero-order valence-corrected chi connectivity index (χ0v) is 31.0. The van der Waals surface area contributed by atoms with E-state index in [0.717, 1.165) is 44.3 Å². The van der Waals surface area contributed by atoms with Gasteiger partial charge in [-0.3, -0.25) is 0 Å². The van der Waals surface area contributed by atoms with Gasteiger partial charge in [0.05, 0.1) is 22.4 Å². The summed E-state index contributed by atoms with van der Waals surface area (Å²) in [5, 5.41) is 20.1. The number of pyridine rings is 2. The minimum Gasteiger partial charge on any atom is -0.507 e. The standard InChI is InChI=1S/C52H38N2O/c1-52(2,3)37-27-28-42-44(31-37)49(39-17-10-12-32-11-4-5-13-38(32)39)41-15-7-6-14-40(41)48(42)34-21-19-33(20-22-34)45-29-25-35-23-24-36-26-30-46(54-51(36)50(35)53-45)43-16-8-9-18-47(43)55/h4-31,55H,1-3H3. The van der Waals surface area contributed by atoms with Gasteiger partial charge in [0.25, 0.3) is 0 Å². The van der Waals surface area contributed by atoms with Gasteiger partial charge in [0.1, 0.15) is 5.75 Å². The summed E-state index contributed by atoms with van der Waals surface area (Å²) in [6, 6.07) is 60.0. The van der Waals surface area contributed by atoms with Crippen LogP contribution < -0.4 is 0 Å². The second kappa shape index (κ2) is 12.6. The van der Waals surface area contributed by atoms with Crippen molar-refractivity contribution >= 4 is 54.1 Å². The molecule has 0 amide bonds. The monoisotopic (exact) mass is 706 g/mol. The Balaban J connectivity index is 1.15. The Morgan fingerprint density at radius 3 is 1.67 bits per heavy atom. The zero-order chi connectivity index (χ0) is 37.3. The lowest BCUT2D eigenvalue weighted by molar-refractivity contribution is 0.477. The van der Waals surface area contributed by atoms with Crippen LogP contribution >= 0.6 is 0 Å². The summed E-state index contributed by atoms with van der Waals surface area (Å²) >= 11 is 0. The van der Waals surface area contributed by atoms with E-state index in [1.165, 1.54) is 54.6 Å². The number of fused-ring (bicyclic) bond motifs is 6. The Hall–Kier alpha value is -6.84. The van der Waals surface area contributed by atoms with Crippen molar-refractivity contribution in [3.63, 3.8) is 0 Å². The Morgan fingerprint density at radius 2 is 0.945 bits per heavy atom. The molecule has 262 valence electrons. The number of hydrogen-bond donors (Lipinski definition) is 1. The van der Waals surface area contributed by atoms with E-state index in [0.29, 0.717) is 5.56 Å². The molecule has 0 aliphatic heterocycles. The van der Waals surface area contributed by atoms with Crippen molar-refractivity contribution in [1.29, 1.82) is 0 Å². The maximum atomic E-state index is 10.6. The van der Waals surface area contributed by atoms with Gasteiger partial charge in [-0.25, -0.2) is 9.97 Å². The van der Waals surface area contributed by atoms with Crippen LogP contribution in [0.1, 0.15) is 26.3 Å². The zero-order valence-electron chi connectivity index (χ0n) is 31.0. The number of aromatic nitrogens is 2. The van der Waals surface area contributed by atoms with Gasteiger partial charge < -0.3 is 5.11 Å². The molecule has 8 aromatic carbocycles. The molecule has 3 nitrogen and oxygen atoms in total. The maximum absolute atomic E-state index is 10.6. The summed E-state index contributed by atoms with van der Waals surface area (Å²) in [6.45, 7) is 6.87. The molecular formula is C52H38N2O. The molecule has 3 heteroatoms. The van der Waals surface area contributed by atoms with E-state index < -0.39 is 0 Å². The number of phenols is 1. The van der Waals surface area contributed by atoms with Crippen molar-refractivity contribution in [3.05, 3.63) is 175 Å². The molecular weight excluding hydrogens is 669 g/mol. The minimum absolute atomic E-state index is 0.00371. The fourth-order valence-electron chi connectivity index (χ4n) is 8.27. The second-order valence-electron chi connectivity index (χ2n) is 15.5. The average molecular weight is 707 g/mol. The van der Waals surface area contributed by atoms with Crippen LogP contribution in [-0.4, -0.2) is 15.1 Å². The first-order chi connectivity index (χ1) is 26.8. The van der Waals surface area contributed by atoms with Crippen molar-refractivity contribution in [2.45, 2.75) is 26.2 Å². The van der Waals surface area contributed by atoms with E-state index in [2.05, 4.69) is 160 Å². The molecule has 10 rings (SSSR count). The summed E-state index contributed by atoms with van der Waals surface area (Å²) in [5.41, 5.74) is 11.2. The van der Waals surface area contributed by atoms with E-state index in [9.17, 15) is 5.11 Å². The lowest BCUT2D eigenvalue weighted by atomic mass is 9.80. The van der Waals surface area contributed by atoms with Crippen LogP contribution in [0.2, 0.25) is 0 Å². The summed E-state index contributed by atoms with van der Waals surface area (Å²) in [5.74, 6) is 0.210. The van der Waals surface area contributed by atoms with E-state index in [1.807, 2.05) is 24.3 Å². The van der Waals surface area contributed by atoms with Gasteiger partial charge in [-0.2, -0.15) is 0 Å². The van der Waals surface area contributed by atoms with Crippen LogP contribution in [0.3, 0.4) is 0 Å². The molecule has 2 aromatic heterocycles. The summed E-state index contributed by atoms with van der Waals surface area (Å²) in [7, 11) is 0. The van der Waals surface area contributed by atoms with Crippen molar-refractivity contribution in [2.24, 2.45) is 0 Å². The number of rotatable bonds is 4. The average Bonchev–Trinajstić information content (AvgIpc) is 3.22. The molecule has 0 radical (unpaired) electrons. The Labute approximate surface area is 320 Å². The lowest BCUT2D eigenvalue weighted by Crippen LogP contribution is -2.10. The first-order valence-corrected chi connectivity index (χ1v) is 18.9. The third-order valence-electron chi connectivity index (χ3n) is 11.1. The van der Waals surface area contributed by atoms with Crippen LogP contribution in [0.25, 0.3) is 98.9 Å². The van der Waals surface area contributed by atoms with Gasteiger partial charge in [0.2, 0.25) is 0 Å². The molecule has 0 bridgehead atoms. The predicted octanol–water partition coefficient (Wildman–Crippen LogP) is 13.9. The minimum atomic E-state index is -0.00371. The quantitative estimate of drug-likeness (QED) is 0.146. The first-order valence-electron chi connectivity index (χ1n) is 18.9. The largest absolute Gasteiger partial charge is 0.507 e. The lowest BCUT2D eigenvalue weighted by Gasteiger charge is -2.23. The van der Waals surface area contributed by atoms with Crippen LogP contribution in [0.15, 0.2) is 170 Å². The van der Waals surface area contributed by atoms with Crippen molar-refractivity contribution in [3.8, 4) is 50.5 Å². The van der Waals surface area contributed by atoms with E-state index in [1.54, 1.807) is 6.07 Å². The molecule has 0 saturated heterocycles. The first kappa shape index (κ1) is 32.8. The summed E-state index contributed by atoms with van der Waals surface area (Å²) in [6.07, 6.45) is 0. The number of hydrogen-bond acceptors (Lipinski definition) is 3. The smallest absolute Gasteiger partial charge is 0.124 e. The molecule has 2 heterocycles. The van der Waals surface area contributed by atoms with E-state index >= 15 is 0 Å². The van der Waals surface area contributed by atoms with Crippen LogP contribution in [0, 0.1) is 0 Å². The molecule has 0 atom stereocenters. The molecule has 10 aromatic rings. The fraction of sp³-hybridized carbons (Fsp3) is 0.0769. The van der Waals surface area contributed by atoms with Crippen molar-refractivity contribution < 1.29 is 5.11 Å². The van der Waals surface area contributed by atoms with E-state index in [4.69, 9.17) is 9.97 Å². The number of para-hydroxylation sites is 1. The topological polar surface area (TPSA) is 46.0 Å². The highest BCUT2D eigenvalue weighted by atomic mass is 16.3. The van der Waals surface area contributed by atoms with Crippen LogP contribution in [-0.2, 0) is 5.41 Å². The number of phenolic OH excluding ortho intramolecular Hbond substituents is 1. The Kier molecular flexibility index (Phi) is 7.53. The number of aromatic hydroxyl groups is 1. The van der Waals surface area contributed by atoms with Gasteiger partial charge >= 0.3 is 0 Å². The maximum Gasteiger partial charge on any atom is 0.124 e. The van der Waals surface area contributed by atoms with Crippen LogP contribution in [0.5, 0.6) is 5.75 Å². The Morgan fingerprint density at radius 1 is 0.400 bits per heavy atom. The SMILES string of the molecule is CC(C)(C)c1ccc2c(-c3ccc(-c4ccc5ccc6ccc(-c7ccccc7O)nc6c5n4)cc3)c3ccccc3c(-c3cccc4ccccc34)c2c1. The predicted molar refractivity (Wildman–Crippen MR) is 232 cm³/mol. The highest BCUT2D eigenvalue weighted by molar-refractivity contribution is 6.23. The highest BCUT2D eigenvalue weighted by Crippen LogP contribution is 2.46. The van der Waals surface area contributed by atoms with Crippen molar-refractivity contribution in [2.75, 3.05) is 0 Å². The number of benzene rings is 8. The summed E-state index contributed by atoms with van der Waals surface area (Å²) in [4.78, 5) is 10.2. The molecule has 1 N–H and O–H groups in total. The Bertz CT molecular complexity index is 3130. The fourth-order valence-corrected chi connectivity index (χ4v) is 8.27. The summed E-state index contributed by atoms with van der Waals surface area (Å²) < 4.78 is 0. The molecule has 0 fully saturated rings. The second-order valence-corrected chi connectivity index (χ2v) is 15.5. The normalized spacial score (nSPS) is 12.0. The third-order valence-corrected chi connectivity index (χ3v) is 11.1. The molecule has 0 spiro atoms. The molecule has 0 aliphatic carbocycles. The van der Waals surface area contributed by atoms with Crippen LogP contribution in [0.4, 0.5) is 0 Å². The number of nitrogens with zero attached hydrogens (tertiary/aromatic N) is 2. The van der Waals surface area contributed by atoms with Gasteiger partial charge in [-0.15, -0.1) is 0 Å².